The molecular weight excluding hydrogens is 132 g/mol. The molecule has 0 unspecified atom stereocenters. The first kappa shape index (κ1) is 9.10. The molecule has 0 aliphatic rings. The average Bonchev–Trinajstić information content (AvgIpc) is 1.86. The van der Waals surface area contributed by atoms with Crippen LogP contribution >= 0.6 is 0 Å². The smallest absolute Gasteiger partial charge is 0.338 e. The first-order chi connectivity index (χ1) is 4.70. The number of nitrogens with zero attached hydrogens (tertiary/aromatic N) is 1. The van der Waals surface area contributed by atoms with E-state index < -0.39 is 6.03 Å². The van der Waals surface area contributed by atoms with Crippen molar-refractivity contribution in [3.63, 3.8) is 0 Å². The third kappa shape index (κ3) is 4.03. The Labute approximate surface area is 59.8 Å². The second-order valence-corrected chi connectivity index (χ2v) is 1.84. The summed E-state index contributed by atoms with van der Waals surface area (Å²) in [5.41, 5.74) is 5.44. The minimum absolute atomic E-state index is 0.0138. The van der Waals surface area contributed by atoms with Crippen molar-refractivity contribution in [1.82, 2.24) is 0 Å². The second kappa shape index (κ2) is 4.93. The zero-order chi connectivity index (χ0) is 7.98. The molecule has 0 fully saturated rings. The molecule has 0 aromatic carbocycles. The highest BCUT2D eigenvalue weighted by Gasteiger charge is 1.96. The minimum Gasteiger partial charge on any atom is -0.396 e. The van der Waals surface area contributed by atoms with E-state index in [1.165, 1.54) is 0 Å². The molecule has 0 radical (unpaired) electrons. The van der Waals surface area contributed by atoms with Gasteiger partial charge in [-0.05, 0) is 6.42 Å². The Morgan fingerprint density at radius 1 is 1.70 bits per heavy atom. The van der Waals surface area contributed by atoms with Crippen molar-refractivity contribution in [1.29, 1.82) is 0 Å². The number of aliphatic hydroxyl groups is 1. The van der Waals surface area contributed by atoms with Gasteiger partial charge in [0.1, 0.15) is 0 Å². The summed E-state index contributed by atoms with van der Waals surface area (Å²) in [6.07, 6.45) is 1.09. The highest BCUT2D eigenvalue weighted by molar-refractivity contribution is 5.94. The maximum absolute atomic E-state index is 10.2. The lowest BCUT2D eigenvalue weighted by Crippen LogP contribution is -2.10. The zero-order valence-electron chi connectivity index (χ0n) is 6.00. The molecule has 3 N–H and O–H groups in total. The first-order valence-corrected chi connectivity index (χ1v) is 3.17. The number of nitrogens with two attached hydrogens (primary N) is 1. The fraction of sp³-hybridized carbons (Fsp3) is 0.667. The molecule has 0 heterocycles. The predicted octanol–water partition coefficient (Wildman–Crippen LogP) is 0.299. The molecule has 58 valence electrons. The van der Waals surface area contributed by atoms with Crippen LogP contribution in [-0.2, 0) is 0 Å². The van der Waals surface area contributed by atoms with Crippen LogP contribution in [0.2, 0.25) is 0 Å². The topological polar surface area (TPSA) is 75.7 Å². The van der Waals surface area contributed by atoms with Gasteiger partial charge in [0, 0.05) is 18.7 Å². The highest BCUT2D eigenvalue weighted by Crippen LogP contribution is 1.91. The molecule has 0 saturated heterocycles. The van der Waals surface area contributed by atoms with Gasteiger partial charge in [-0.1, -0.05) is 6.92 Å². The number of amides is 2. The predicted molar refractivity (Wildman–Crippen MR) is 39.0 cm³/mol. The number of urea groups is 1. The van der Waals surface area contributed by atoms with E-state index in [-0.39, 0.29) is 6.61 Å². The van der Waals surface area contributed by atoms with Crippen LogP contribution in [0.3, 0.4) is 0 Å². The van der Waals surface area contributed by atoms with Gasteiger partial charge in [0.05, 0.1) is 0 Å². The van der Waals surface area contributed by atoms with Gasteiger partial charge >= 0.3 is 6.03 Å². The maximum atomic E-state index is 10.2. The van der Waals surface area contributed by atoms with Crippen LogP contribution in [0, 0.1) is 0 Å². The third-order valence-corrected chi connectivity index (χ3v) is 1.08. The van der Waals surface area contributed by atoms with E-state index in [2.05, 4.69) is 4.99 Å². The molecule has 2 amide bonds. The fourth-order valence-corrected chi connectivity index (χ4v) is 0.597. The normalized spacial score (nSPS) is 11.6. The van der Waals surface area contributed by atoms with Gasteiger partial charge in [0.15, 0.2) is 0 Å². The van der Waals surface area contributed by atoms with Gasteiger partial charge in [0.25, 0.3) is 0 Å². The van der Waals surface area contributed by atoms with E-state index in [9.17, 15) is 4.79 Å². The number of primary amides is 1. The van der Waals surface area contributed by atoms with E-state index in [0.29, 0.717) is 18.6 Å². The number of carbonyl (C=O) groups excluding carboxylic acids is 1. The van der Waals surface area contributed by atoms with Crippen LogP contribution < -0.4 is 5.73 Å². The van der Waals surface area contributed by atoms with Crippen molar-refractivity contribution in [3.05, 3.63) is 0 Å². The lowest BCUT2D eigenvalue weighted by Gasteiger charge is -1.96. The Kier molecular flexibility index (Phi) is 4.49. The Hall–Kier alpha value is -0.900. The second-order valence-electron chi connectivity index (χ2n) is 1.84. The summed E-state index contributed by atoms with van der Waals surface area (Å²) in [4.78, 5) is 13.7. The van der Waals surface area contributed by atoms with Gasteiger partial charge in [0.2, 0.25) is 0 Å². The first-order valence-electron chi connectivity index (χ1n) is 3.17. The van der Waals surface area contributed by atoms with Gasteiger partial charge in [-0.3, -0.25) is 0 Å². The summed E-state index contributed by atoms with van der Waals surface area (Å²) >= 11 is 0. The Morgan fingerprint density at radius 3 is 2.60 bits per heavy atom. The number of rotatable bonds is 3. The summed E-state index contributed by atoms with van der Waals surface area (Å²) in [7, 11) is 0. The molecule has 0 aliphatic heterocycles. The highest BCUT2D eigenvalue weighted by atomic mass is 16.3. The molecule has 10 heavy (non-hydrogen) atoms. The van der Waals surface area contributed by atoms with Crippen LogP contribution in [0.1, 0.15) is 19.8 Å². The largest absolute Gasteiger partial charge is 0.396 e. The van der Waals surface area contributed by atoms with Crippen LogP contribution in [0.5, 0.6) is 0 Å². The van der Waals surface area contributed by atoms with Crippen molar-refractivity contribution < 1.29 is 9.90 Å². The van der Waals surface area contributed by atoms with Crippen molar-refractivity contribution in [3.8, 4) is 0 Å². The standard InChI is InChI=1S/C6H12N2O2/c1-2-5(3-4-9)8-6(7)10/h9H,2-4H2,1H3,(H2,7,10). The summed E-state index contributed by atoms with van der Waals surface area (Å²) in [5, 5.41) is 8.45. The molecular formula is C6H12N2O2. The zero-order valence-corrected chi connectivity index (χ0v) is 6.00. The summed E-state index contributed by atoms with van der Waals surface area (Å²) < 4.78 is 0. The van der Waals surface area contributed by atoms with E-state index in [1.807, 2.05) is 6.92 Å². The summed E-state index contributed by atoms with van der Waals surface area (Å²) in [5.74, 6) is 0. The van der Waals surface area contributed by atoms with Gasteiger partial charge < -0.3 is 10.8 Å². The summed E-state index contributed by atoms with van der Waals surface area (Å²) in [6.45, 7) is 1.87. The van der Waals surface area contributed by atoms with Gasteiger partial charge in [-0.15, -0.1) is 0 Å². The van der Waals surface area contributed by atoms with Gasteiger partial charge in [-0.2, -0.15) is 0 Å². The Bertz CT molecular complexity index is 143. The lowest BCUT2D eigenvalue weighted by atomic mass is 10.2. The molecule has 0 rings (SSSR count). The van der Waals surface area contributed by atoms with E-state index >= 15 is 0 Å². The number of hydrogen-bond acceptors (Lipinski definition) is 2. The van der Waals surface area contributed by atoms with Crippen molar-refractivity contribution in [2.75, 3.05) is 6.61 Å². The van der Waals surface area contributed by atoms with Crippen LogP contribution in [-0.4, -0.2) is 23.5 Å². The van der Waals surface area contributed by atoms with E-state index in [4.69, 9.17) is 10.8 Å². The molecule has 0 spiro atoms. The monoisotopic (exact) mass is 144 g/mol. The molecule has 0 aromatic rings. The number of hydrogen-bond donors (Lipinski definition) is 2. The maximum Gasteiger partial charge on any atom is 0.338 e. The van der Waals surface area contributed by atoms with E-state index in [0.717, 1.165) is 0 Å². The van der Waals surface area contributed by atoms with Crippen LogP contribution in [0.4, 0.5) is 4.79 Å². The molecule has 0 saturated carbocycles. The molecule has 4 nitrogen and oxygen atoms in total. The molecule has 4 heteroatoms. The molecule has 0 aliphatic carbocycles. The number of aliphatic imine (C=N–C) groups is 1. The van der Waals surface area contributed by atoms with Crippen molar-refractivity contribution >= 4 is 11.7 Å². The lowest BCUT2D eigenvalue weighted by molar-refractivity contribution is 0.256. The van der Waals surface area contributed by atoms with Crippen molar-refractivity contribution in [2.45, 2.75) is 19.8 Å². The summed E-state index contributed by atoms with van der Waals surface area (Å²) in [6, 6.07) is -0.690. The Balaban J connectivity index is 3.91. The average molecular weight is 144 g/mol. The van der Waals surface area contributed by atoms with Crippen LogP contribution in [0.15, 0.2) is 4.99 Å². The van der Waals surface area contributed by atoms with E-state index in [1.54, 1.807) is 0 Å². The molecule has 0 atom stereocenters. The molecule has 0 aromatic heterocycles. The SMILES string of the molecule is CCC(CCO)=NC(N)=O. The minimum atomic E-state index is -0.690. The third-order valence-electron chi connectivity index (χ3n) is 1.08. The van der Waals surface area contributed by atoms with Crippen LogP contribution in [0.25, 0.3) is 0 Å². The van der Waals surface area contributed by atoms with Gasteiger partial charge in [-0.25, -0.2) is 9.79 Å². The fourth-order valence-electron chi connectivity index (χ4n) is 0.597. The number of carbonyl (C=O) groups is 1. The quantitative estimate of drug-likeness (QED) is 0.559. The van der Waals surface area contributed by atoms with Crippen molar-refractivity contribution in [2.24, 2.45) is 10.7 Å². The molecule has 0 bridgehead atoms. The number of aliphatic hydroxyl groups excluding tert-OH is 1. The Morgan fingerprint density at radius 2 is 2.30 bits per heavy atom.